The molecule has 0 atom stereocenters. The van der Waals surface area contributed by atoms with Crippen molar-refractivity contribution in [3.63, 3.8) is 0 Å². The summed E-state index contributed by atoms with van der Waals surface area (Å²) in [6, 6.07) is 18.1. The molecule has 1 aliphatic rings. The number of fused-ring (bicyclic) bond motifs is 1. The minimum atomic E-state index is 0.0255. The third-order valence-corrected chi connectivity index (χ3v) is 4.83. The third kappa shape index (κ3) is 3.58. The highest BCUT2D eigenvalue weighted by Gasteiger charge is 2.30. The lowest BCUT2D eigenvalue weighted by atomic mass is 10.1. The quantitative estimate of drug-likeness (QED) is 0.629. The third-order valence-electron chi connectivity index (χ3n) is 4.83. The lowest BCUT2D eigenvalue weighted by Crippen LogP contribution is -2.25. The standard InChI is InChI=1S/C22H23N3O2/c1-2-3-13-24-16-25-20(14-23-21(25)22(24)26)18-9-11-19(12-10-18)27-15-17-7-5-4-6-8-17/h4-12,14H,2-3,13,15-16H2,1H3. The van der Waals surface area contributed by atoms with Crippen molar-refractivity contribution in [1.29, 1.82) is 0 Å². The highest BCUT2D eigenvalue weighted by molar-refractivity contribution is 5.93. The van der Waals surface area contributed by atoms with Crippen molar-refractivity contribution in [3.8, 4) is 17.0 Å². The van der Waals surface area contributed by atoms with Crippen molar-refractivity contribution >= 4 is 5.91 Å². The first-order valence-corrected chi connectivity index (χ1v) is 9.38. The predicted octanol–water partition coefficient (Wildman–Crippen LogP) is 4.34. The van der Waals surface area contributed by atoms with Crippen LogP contribution in [0.25, 0.3) is 11.3 Å². The van der Waals surface area contributed by atoms with Crippen molar-refractivity contribution < 1.29 is 9.53 Å². The van der Waals surface area contributed by atoms with Gasteiger partial charge >= 0.3 is 0 Å². The fourth-order valence-electron chi connectivity index (χ4n) is 3.28. The van der Waals surface area contributed by atoms with Gasteiger partial charge in [-0.25, -0.2) is 4.98 Å². The van der Waals surface area contributed by atoms with Crippen LogP contribution in [-0.4, -0.2) is 26.9 Å². The number of amides is 1. The number of imidazole rings is 1. The van der Waals surface area contributed by atoms with Gasteiger partial charge in [-0.1, -0.05) is 43.7 Å². The molecule has 0 aliphatic carbocycles. The van der Waals surface area contributed by atoms with Gasteiger partial charge in [-0.05, 0) is 36.2 Å². The Labute approximate surface area is 159 Å². The van der Waals surface area contributed by atoms with Crippen molar-refractivity contribution in [3.05, 3.63) is 72.2 Å². The van der Waals surface area contributed by atoms with E-state index in [4.69, 9.17) is 4.74 Å². The average Bonchev–Trinajstić information content (AvgIpc) is 3.26. The van der Waals surface area contributed by atoms with E-state index < -0.39 is 0 Å². The number of hydrogen-bond acceptors (Lipinski definition) is 3. The van der Waals surface area contributed by atoms with Gasteiger partial charge in [-0.3, -0.25) is 4.79 Å². The number of hydrogen-bond donors (Lipinski definition) is 0. The van der Waals surface area contributed by atoms with Crippen LogP contribution in [0.4, 0.5) is 0 Å². The molecule has 0 fully saturated rings. The molecule has 1 amide bonds. The molecule has 27 heavy (non-hydrogen) atoms. The van der Waals surface area contributed by atoms with Gasteiger partial charge in [0.2, 0.25) is 5.82 Å². The number of carbonyl (C=O) groups excluding carboxylic acids is 1. The Hall–Kier alpha value is -3.08. The first-order valence-electron chi connectivity index (χ1n) is 9.38. The molecule has 2 heterocycles. The van der Waals surface area contributed by atoms with E-state index >= 15 is 0 Å². The highest BCUT2D eigenvalue weighted by atomic mass is 16.5. The molecule has 0 radical (unpaired) electrons. The number of nitrogens with zero attached hydrogens (tertiary/aromatic N) is 3. The first-order chi connectivity index (χ1) is 13.3. The van der Waals surface area contributed by atoms with E-state index in [9.17, 15) is 4.79 Å². The van der Waals surface area contributed by atoms with E-state index in [1.165, 1.54) is 0 Å². The lowest BCUT2D eigenvalue weighted by molar-refractivity contribution is 0.0764. The molecule has 0 spiro atoms. The van der Waals surface area contributed by atoms with Gasteiger partial charge in [0.25, 0.3) is 5.91 Å². The number of aromatic nitrogens is 2. The molecule has 5 nitrogen and oxygen atoms in total. The van der Waals surface area contributed by atoms with Gasteiger partial charge in [0.15, 0.2) is 0 Å². The van der Waals surface area contributed by atoms with Gasteiger partial charge in [0.1, 0.15) is 12.4 Å². The summed E-state index contributed by atoms with van der Waals surface area (Å²) in [5.74, 6) is 1.38. The highest BCUT2D eigenvalue weighted by Crippen LogP contribution is 2.27. The Kier molecular flexibility index (Phi) is 4.92. The largest absolute Gasteiger partial charge is 0.489 e. The van der Waals surface area contributed by atoms with Crippen LogP contribution in [0, 0.1) is 0 Å². The molecule has 5 heteroatoms. The molecular formula is C22H23N3O2. The van der Waals surface area contributed by atoms with E-state index in [2.05, 4.69) is 11.9 Å². The predicted molar refractivity (Wildman–Crippen MR) is 104 cm³/mol. The number of benzene rings is 2. The van der Waals surface area contributed by atoms with Crippen LogP contribution in [0.15, 0.2) is 60.8 Å². The minimum Gasteiger partial charge on any atom is -0.489 e. The Bertz CT molecular complexity index is 916. The topological polar surface area (TPSA) is 47.4 Å². The second-order valence-electron chi connectivity index (χ2n) is 6.76. The van der Waals surface area contributed by atoms with Gasteiger partial charge in [0.05, 0.1) is 18.6 Å². The summed E-state index contributed by atoms with van der Waals surface area (Å²) >= 11 is 0. The molecule has 0 N–H and O–H groups in total. The maximum atomic E-state index is 12.4. The lowest BCUT2D eigenvalue weighted by Gasteiger charge is -2.15. The summed E-state index contributed by atoms with van der Waals surface area (Å²) in [7, 11) is 0. The molecule has 0 bridgehead atoms. The van der Waals surface area contributed by atoms with Crippen LogP contribution in [0.2, 0.25) is 0 Å². The van der Waals surface area contributed by atoms with Crippen LogP contribution in [0.3, 0.4) is 0 Å². The SMILES string of the molecule is CCCCN1Cn2c(-c3ccc(OCc4ccccc4)cc3)cnc2C1=O. The van der Waals surface area contributed by atoms with Crippen LogP contribution in [-0.2, 0) is 13.3 Å². The molecule has 4 rings (SSSR count). The van der Waals surface area contributed by atoms with Gasteiger partial charge in [-0.2, -0.15) is 0 Å². The Morgan fingerprint density at radius 3 is 2.59 bits per heavy atom. The van der Waals surface area contributed by atoms with Crippen molar-refractivity contribution in [2.45, 2.75) is 33.0 Å². The normalized spacial score (nSPS) is 13.1. The monoisotopic (exact) mass is 361 g/mol. The van der Waals surface area contributed by atoms with Crippen LogP contribution < -0.4 is 4.74 Å². The fraction of sp³-hybridized carbons (Fsp3) is 0.273. The van der Waals surface area contributed by atoms with Crippen molar-refractivity contribution in [1.82, 2.24) is 14.5 Å². The second-order valence-corrected chi connectivity index (χ2v) is 6.76. The Morgan fingerprint density at radius 1 is 1.07 bits per heavy atom. The van der Waals surface area contributed by atoms with E-state index in [1.807, 2.05) is 64.1 Å². The van der Waals surface area contributed by atoms with Gasteiger partial charge < -0.3 is 14.2 Å². The van der Waals surface area contributed by atoms with E-state index in [0.717, 1.165) is 42.0 Å². The van der Waals surface area contributed by atoms with Crippen molar-refractivity contribution in [2.75, 3.05) is 6.54 Å². The van der Waals surface area contributed by atoms with Gasteiger partial charge in [0, 0.05) is 12.1 Å². The Balaban J connectivity index is 1.46. The summed E-state index contributed by atoms with van der Waals surface area (Å²) in [6.07, 6.45) is 3.87. The number of ether oxygens (including phenoxy) is 1. The summed E-state index contributed by atoms with van der Waals surface area (Å²) in [4.78, 5) is 18.7. The van der Waals surface area contributed by atoms with Crippen LogP contribution in [0.1, 0.15) is 35.9 Å². The summed E-state index contributed by atoms with van der Waals surface area (Å²) < 4.78 is 7.85. The van der Waals surface area contributed by atoms with Crippen molar-refractivity contribution in [2.24, 2.45) is 0 Å². The Morgan fingerprint density at radius 2 is 1.85 bits per heavy atom. The maximum Gasteiger partial charge on any atom is 0.291 e. The zero-order valence-corrected chi connectivity index (χ0v) is 15.5. The second kappa shape index (κ2) is 7.66. The molecule has 0 unspecified atom stereocenters. The number of unbranched alkanes of at least 4 members (excludes halogenated alkanes) is 1. The molecule has 0 saturated carbocycles. The summed E-state index contributed by atoms with van der Waals surface area (Å²) in [5.41, 5.74) is 3.14. The van der Waals surface area contributed by atoms with Gasteiger partial charge in [-0.15, -0.1) is 0 Å². The maximum absolute atomic E-state index is 12.4. The fourth-order valence-corrected chi connectivity index (χ4v) is 3.28. The number of carbonyl (C=O) groups is 1. The number of rotatable bonds is 7. The van der Waals surface area contributed by atoms with Crippen LogP contribution >= 0.6 is 0 Å². The average molecular weight is 361 g/mol. The summed E-state index contributed by atoms with van der Waals surface area (Å²) in [6.45, 7) is 4.04. The first kappa shape index (κ1) is 17.3. The smallest absolute Gasteiger partial charge is 0.291 e. The molecule has 0 saturated heterocycles. The van der Waals surface area contributed by atoms with E-state index in [0.29, 0.717) is 19.1 Å². The van der Waals surface area contributed by atoms with Crippen LogP contribution in [0.5, 0.6) is 5.75 Å². The zero-order chi connectivity index (χ0) is 18.6. The molecule has 2 aromatic carbocycles. The van der Waals surface area contributed by atoms with E-state index in [-0.39, 0.29) is 5.91 Å². The summed E-state index contributed by atoms with van der Waals surface area (Å²) in [5, 5.41) is 0. The molecule has 138 valence electrons. The zero-order valence-electron chi connectivity index (χ0n) is 15.5. The molecule has 1 aliphatic heterocycles. The molecule has 1 aromatic heterocycles. The van der Waals surface area contributed by atoms with E-state index in [1.54, 1.807) is 6.20 Å². The minimum absolute atomic E-state index is 0.0255. The molecular weight excluding hydrogens is 338 g/mol. The molecule has 3 aromatic rings.